The largest absolute Gasteiger partial charge is 0.423 e. The van der Waals surface area contributed by atoms with E-state index in [0.717, 1.165) is 5.69 Å². The van der Waals surface area contributed by atoms with Crippen molar-refractivity contribution in [2.75, 3.05) is 19.0 Å². The molecule has 0 bridgehead atoms. The van der Waals surface area contributed by atoms with E-state index < -0.39 is 5.97 Å². The maximum absolute atomic E-state index is 11.9. The monoisotopic (exact) mass is 266 g/mol. The molecular weight excluding hydrogens is 252 g/mol. The number of esters is 1. The van der Waals surface area contributed by atoms with Gasteiger partial charge in [-0.05, 0) is 48.5 Å². The number of carbonyl (C=O) groups excluding carboxylic acids is 1. The quantitative estimate of drug-likeness (QED) is 0.633. The first-order chi connectivity index (χ1) is 9.60. The number of hydrogen-bond acceptors (Lipinski definition) is 4. The fraction of sp³-hybridized carbons (Fsp3) is 0.125. The number of anilines is 1. The van der Waals surface area contributed by atoms with Crippen LogP contribution in [-0.4, -0.2) is 20.1 Å². The van der Waals surface area contributed by atoms with Crippen LogP contribution in [0.1, 0.15) is 15.9 Å². The van der Waals surface area contributed by atoms with Crippen LogP contribution in [-0.2, 0) is 0 Å². The highest BCUT2D eigenvalue weighted by atomic mass is 16.5. The van der Waals surface area contributed by atoms with Crippen LogP contribution in [0.4, 0.5) is 5.69 Å². The summed E-state index contributed by atoms with van der Waals surface area (Å²) in [5.41, 5.74) is 1.96. The summed E-state index contributed by atoms with van der Waals surface area (Å²) < 4.78 is 5.27. The average molecular weight is 266 g/mol. The molecule has 4 nitrogen and oxygen atoms in total. The predicted molar refractivity (Wildman–Crippen MR) is 76.9 cm³/mol. The summed E-state index contributed by atoms with van der Waals surface area (Å²) in [7, 11) is 3.88. The molecular formula is C16H14N2O2. The topological polar surface area (TPSA) is 53.3 Å². The molecule has 0 saturated carbocycles. The third-order valence-electron chi connectivity index (χ3n) is 2.81. The van der Waals surface area contributed by atoms with Crippen LogP contribution in [0.2, 0.25) is 0 Å². The number of ether oxygens (including phenoxy) is 1. The molecule has 0 aliphatic carbocycles. The van der Waals surface area contributed by atoms with Gasteiger partial charge in [0, 0.05) is 19.8 Å². The molecule has 0 aromatic heterocycles. The zero-order valence-electron chi connectivity index (χ0n) is 11.3. The van der Waals surface area contributed by atoms with Crippen LogP contribution in [0.15, 0.2) is 48.5 Å². The number of benzene rings is 2. The van der Waals surface area contributed by atoms with Gasteiger partial charge < -0.3 is 9.64 Å². The Morgan fingerprint density at radius 3 is 2.15 bits per heavy atom. The second-order valence-corrected chi connectivity index (χ2v) is 4.47. The first kappa shape index (κ1) is 13.6. The lowest BCUT2D eigenvalue weighted by Gasteiger charge is -2.12. The van der Waals surface area contributed by atoms with E-state index in [1.54, 1.807) is 36.4 Å². The maximum Gasteiger partial charge on any atom is 0.343 e. The Morgan fingerprint density at radius 2 is 1.65 bits per heavy atom. The smallest absolute Gasteiger partial charge is 0.343 e. The van der Waals surface area contributed by atoms with E-state index in [1.807, 2.05) is 37.2 Å². The molecule has 0 aliphatic rings. The minimum Gasteiger partial charge on any atom is -0.423 e. The standard InChI is InChI=1S/C16H14N2O2/c1-18(2)14-7-9-15(10-8-14)20-16(19)13-5-3-12(11-17)4-6-13/h3-10H,1-2H3. The molecule has 20 heavy (non-hydrogen) atoms. The van der Waals surface area contributed by atoms with Gasteiger partial charge in [0.05, 0.1) is 17.2 Å². The third-order valence-corrected chi connectivity index (χ3v) is 2.81. The highest BCUT2D eigenvalue weighted by Gasteiger charge is 2.08. The summed E-state index contributed by atoms with van der Waals surface area (Å²) in [5, 5.41) is 8.70. The van der Waals surface area contributed by atoms with E-state index in [-0.39, 0.29) is 0 Å². The van der Waals surface area contributed by atoms with E-state index in [0.29, 0.717) is 16.9 Å². The van der Waals surface area contributed by atoms with Gasteiger partial charge in [-0.3, -0.25) is 0 Å². The van der Waals surface area contributed by atoms with Gasteiger partial charge >= 0.3 is 5.97 Å². The molecule has 0 radical (unpaired) electrons. The minimum absolute atomic E-state index is 0.417. The molecule has 100 valence electrons. The molecule has 2 rings (SSSR count). The van der Waals surface area contributed by atoms with Crippen LogP contribution >= 0.6 is 0 Å². The van der Waals surface area contributed by atoms with E-state index >= 15 is 0 Å². The zero-order valence-corrected chi connectivity index (χ0v) is 11.3. The minimum atomic E-state index is -0.438. The van der Waals surface area contributed by atoms with E-state index in [2.05, 4.69) is 0 Å². The molecule has 0 aliphatic heterocycles. The van der Waals surface area contributed by atoms with Crippen molar-refractivity contribution < 1.29 is 9.53 Å². The molecule has 0 saturated heterocycles. The lowest BCUT2D eigenvalue weighted by molar-refractivity contribution is 0.0735. The zero-order chi connectivity index (χ0) is 14.5. The normalized spacial score (nSPS) is 9.65. The summed E-state index contributed by atoms with van der Waals surface area (Å²) in [6, 6.07) is 15.6. The second-order valence-electron chi connectivity index (χ2n) is 4.47. The SMILES string of the molecule is CN(C)c1ccc(OC(=O)c2ccc(C#N)cc2)cc1. The van der Waals surface area contributed by atoms with Crippen LogP contribution in [0.25, 0.3) is 0 Å². The Bertz CT molecular complexity index is 638. The molecule has 0 fully saturated rings. The fourth-order valence-corrected chi connectivity index (χ4v) is 1.66. The van der Waals surface area contributed by atoms with Gasteiger partial charge in [-0.2, -0.15) is 5.26 Å². The van der Waals surface area contributed by atoms with Crippen LogP contribution in [0.3, 0.4) is 0 Å². The van der Waals surface area contributed by atoms with Crippen LogP contribution in [0.5, 0.6) is 5.75 Å². The molecule has 0 atom stereocenters. The molecule has 0 unspecified atom stereocenters. The van der Waals surface area contributed by atoms with Crippen molar-refractivity contribution in [3.05, 3.63) is 59.7 Å². The van der Waals surface area contributed by atoms with Crippen molar-refractivity contribution in [1.82, 2.24) is 0 Å². The third kappa shape index (κ3) is 3.15. The van der Waals surface area contributed by atoms with Crippen molar-refractivity contribution in [2.24, 2.45) is 0 Å². The van der Waals surface area contributed by atoms with Crippen molar-refractivity contribution >= 4 is 11.7 Å². The van der Waals surface area contributed by atoms with E-state index in [4.69, 9.17) is 10.00 Å². The molecule has 0 heterocycles. The van der Waals surface area contributed by atoms with Gasteiger partial charge in [0.2, 0.25) is 0 Å². The summed E-state index contributed by atoms with van der Waals surface area (Å²) in [6.45, 7) is 0. The molecule has 0 amide bonds. The fourth-order valence-electron chi connectivity index (χ4n) is 1.66. The van der Waals surface area contributed by atoms with Crippen LogP contribution in [0, 0.1) is 11.3 Å². The van der Waals surface area contributed by atoms with Crippen molar-refractivity contribution in [3.8, 4) is 11.8 Å². The summed E-state index contributed by atoms with van der Waals surface area (Å²) in [4.78, 5) is 13.9. The predicted octanol–water partition coefficient (Wildman–Crippen LogP) is 2.84. The van der Waals surface area contributed by atoms with Crippen molar-refractivity contribution in [2.45, 2.75) is 0 Å². The first-order valence-corrected chi connectivity index (χ1v) is 6.10. The Hall–Kier alpha value is -2.80. The molecule has 0 spiro atoms. The highest BCUT2D eigenvalue weighted by Crippen LogP contribution is 2.18. The lowest BCUT2D eigenvalue weighted by Crippen LogP contribution is -2.10. The van der Waals surface area contributed by atoms with E-state index in [9.17, 15) is 4.79 Å². The van der Waals surface area contributed by atoms with Crippen molar-refractivity contribution in [3.63, 3.8) is 0 Å². The van der Waals surface area contributed by atoms with Crippen LogP contribution < -0.4 is 9.64 Å². The number of carbonyl (C=O) groups is 1. The number of hydrogen-bond donors (Lipinski definition) is 0. The molecule has 4 heteroatoms. The van der Waals surface area contributed by atoms with Gasteiger partial charge in [-0.15, -0.1) is 0 Å². The van der Waals surface area contributed by atoms with Gasteiger partial charge in [-0.25, -0.2) is 4.79 Å². The van der Waals surface area contributed by atoms with E-state index in [1.165, 1.54) is 0 Å². The van der Waals surface area contributed by atoms with Gasteiger partial charge in [0.1, 0.15) is 5.75 Å². The van der Waals surface area contributed by atoms with Gasteiger partial charge in [0.15, 0.2) is 0 Å². The lowest BCUT2D eigenvalue weighted by atomic mass is 10.1. The Kier molecular flexibility index (Phi) is 4.02. The Balaban J connectivity index is 2.09. The highest BCUT2D eigenvalue weighted by molar-refractivity contribution is 5.91. The summed E-state index contributed by atoms with van der Waals surface area (Å²) in [6.07, 6.45) is 0. The summed E-state index contributed by atoms with van der Waals surface area (Å²) in [5.74, 6) is 0.0528. The summed E-state index contributed by atoms with van der Waals surface area (Å²) >= 11 is 0. The van der Waals surface area contributed by atoms with Crippen molar-refractivity contribution in [1.29, 1.82) is 5.26 Å². The maximum atomic E-state index is 11.9. The van der Waals surface area contributed by atoms with Gasteiger partial charge in [0.25, 0.3) is 0 Å². The molecule has 2 aromatic rings. The number of nitrogens with zero attached hydrogens (tertiary/aromatic N) is 2. The Morgan fingerprint density at radius 1 is 1.05 bits per heavy atom. The number of nitriles is 1. The molecule has 0 N–H and O–H groups in total. The number of rotatable bonds is 3. The second kappa shape index (κ2) is 5.89. The molecule has 2 aromatic carbocycles. The first-order valence-electron chi connectivity index (χ1n) is 6.10. The van der Waals surface area contributed by atoms with Gasteiger partial charge in [-0.1, -0.05) is 0 Å². The average Bonchev–Trinajstić information content (AvgIpc) is 2.48. The Labute approximate surface area is 117 Å².